The summed E-state index contributed by atoms with van der Waals surface area (Å²) >= 11 is 0. The first-order valence-electron chi connectivity index (χ1n) is 8.79. The summed E-state index contributed by atoms with van der Waals surface area (Å²) in [5.74, 6) is 3.12. The molecule has 5 nitrogen and oxygen atoms in total. The first-order valence-corrected chi connectivity index (χ1v) is 8.79. The van der Waals surface area contributed by atoms with Gasteiger partial charge in [-0.3, -0.25) is 0 Å². The zero-order valence-corrected chi connectivity index (χ0v) is 15.1. The molecule has 2 aromatic heterocycles. The molecule has 1 unspecified atom stereocenters. The Labute approximate surface area is 147 Å². The van der Waals surface area contributed by atoms with Gasteiger partial charge in [-0.1, -0.05) is 13.0 Å². The van der Waals surface area contributed by atoms with Crippen LogP contribution in [0.4, 0.5) is 0 Å². The maximum Gasteiger partial charge on any atom is 0.192 e. The van der Waals surface area contributed by atoms with E-state index in [0.717, 1.165) is 53.8 Å². The van der Waals surface area contributed by atoms with E-state index in [2.05, 4.69) is 34.4 Å². The minimum Gasteiger partial charge on any atom is -0.441 e. The summed E-state index contributed by atoms with van der Waals surface area (Å²) in [6.45, 7) is 7.97. The highest BCUT2D eigenvalue weighted by Crippen LogP contribution is 2.43. The summed E-state index contributed by atoms with van der Waals surface area (Å²) < 4.78 is 11.5. The maximum atomic E-state index is 5.78. The fraction of sp³-hybridized carbons (Fsp3) is 0.400. The van der Waals surface area contributed by atoms with E-state index in [-0.39, 0.29) is 5.54 Å². The molecule has 0 radical (unpaired) electrons. The van der Waals surface area contributed by atoms with Crippen LogP contribution in [0.25, 0.3) is 18.2 Å². The van der Waals surface area contributed by atoms with Crippen LogP contribution in [0.1, 0.15) is 61.4 Å². The molecule has 130 valence electrons. The molecule has 0 amide bonds. The number of nitrogens with one attached hydrogen (secondary N) is 1. The summed E-state index contributed by atoms with van der Waals surface area (Å²) in [5.41, 5.74) is 4.35. The van der Waals surface area contributed by atoms with E-state index < -0.39 is 0 Å². The third kappa shape index (κ3) is 2.64. The second-order valence-electron chi connectivity index (χ2n) is 6.78. The molecule has 1 aliphatic heterocycles. The Morgan fingerprint density at radius 2 is 2.04 bits per heavy atom. The molecule has 1 aliphatic carbocycles. The molecule has 0 spiro atoms. The Hall–Kier alpha value is -2.56. The van der Waals surface area contributed by atoms with E-state index >= 15 is 0 Å². The maximum absolute atomic E-state index is 5.78. The van der Waals surface area contributed by atoms with Crippen molar-refractivity contribution >= 4 is 18.2 Å². The summed E-state index contributed by atoms with van der Waals surface area (Å²) in [6.07, 6.45) is 10.9. The molecule has 0 bridgehead atoms. The highest BCUT2D eigenvalue weighted by atomic mass is 16.4. The highest BCUT2D eigenvalue weighted by molar-refractivity contribution is 5.66. The molecule has 0 saturated carbocycles. The molecule has 25 heavy (non-hydrogen) atoms. The van der Waals surface area contributed by atoms with Crippen LogP contribution >= 0.6 is 0 Å². The van der Waals surface area contributed by atoms with Crippen LogP contribution in [-0.4, -0.2) is 15.5 Å². The van der Waals surface area contributed by atoms with Crippen molar-refractivity contribution in [2.45, 2.75) is 52.5 Å². The van der Waals surface area contributed by atoms with E-state index in [0.29, 0.717) is 5.89 Å². The lowest BCUT2D eigenvalue weighted by molar-refractivity contribution is 0.422. The van der Waals surface area contributed by atoms with Gasteiger partial charge in [-0.05, 0) is 31.1 Å². The quantitative estimate of drug-likeness (QED) is 0.897. The normalized spacial score (nSPS) is 23.7. The number of allylic oxidation sites excluding steroid dienone is 2. The largest absolute Gasteiger partial charge is 0.441 e. The number of nitrogens with zero attached hydrogens (tertiary/aromatic N) is 2. The van der Waals surface area contributed by atoms with Crippen molar-refractivity contribution in [3.05, 3.63) is 52.0 Å². The minimum atomic E-state index is -0.0715. The number of hydrogen-bond acceptors (Lipinski definition) is 5. The highest BCUT2D eigenvalue weighted by Gasteiger charge is 2.43. The van der Waals surface area contributed by atoms with E-state index in [1.54, 1.807) is 0 Å². The van der Waals surface area contributed by atoms with Gasteiger partial charge in [0.2, 0.25) is 0 Å². The summed E-state index contributed by atoms with van der Waals surface area (Å²) in [4.78, 5) is 8.99. The lowest BCUT2D eigenvalue weighted by Crippen LogP contribution is -2.43. The third-order valence-electron chi connectivity index (χ3n) is 5.03. The number of hydrogen-bond donors (Lipinski definition) is 1. The van der Waals surface area contributed by atoms with Crippen molar-refractivity contribution < 1.29 is 8.83 Å². The monoisotopic (exact) mass is 337 g/mol. The minimum absolute atomic E-state index is 0.0715. The molecule has 4 rings (SSSR count). The van der Waals surface area contributed by atoms with Gasteiger partial charge in [-0.15, -0.1) is 0 Å². The molecule has 1 fully saturated rings. The molecular formula is C20H23N3O2. The molecule has 3 heterocycles. The van der Waals surface area contributed by atoms with Crippen LogP contribution in [-0.2, 0) is 6.42 Å². The number of aromatic nitrogens is 2. The van der Waals surface area contributed by atoms with Gasteiger partial charge in [0.25, 0.3) is 0 Å². The van der Waals surface area contributed by atoms with Crippen molar-refractivity contribution in [2.75, 3.05) is 0 Å². The second-order valence-corrected chi connectivity index (χ2v) is 6.78. The smallest absolute Gasteiger partial charge is 0.192 e. The molecule has 2 aliphatic rings. The topological polar surface area (TPSA) is 64.1 Å². The first-order chi connectivity index (χ1) is 12.0. The van der Waals surface area contributed by atoms with Crippen molar-refractivity contribution in [1.82, 2.24) is 15.3 Å². The van der Waals surface area contributed by atoms with Crippen LogP contribution in [0.5, 0.6) is 0 Å². The first kappa shape index (κ1) is 15.9. The van der Waals surface area contributed by atoms with Gasteiger partial charge in [0, 0.05) is 38.5 Å². The average Bonchev–Trinajstić information content (AvgIpc) is 3.19. The molecule has 5 heteroatoms. The Balaban J connectivity index is 1.70. The standard InChI is InChI=1S/C20H23N3O2/c1-5-7-16-19(25-12(3)21-16)10-15-8-14-9-18-17(22-13(4)24-18)11-20(14,6-2)23-15/h5,7,9-10,23H,6,8,11H2,1-4H3/b7-5+,15-10-. The van der Waals surface area contributed by atoms with Crippen LogP contribution in [0, 0.1) is 13.8 Å². The summed E-state index contributed by atoms with van der Waals surface area (Å²) in [6, 6.07) is 0. The molecule has 1 saturated heterocycles. The molecule has 2 aromatic rings. The van der Waals surface area contributed by atoms with Gasteiger partial charge in [0.1, 0.15) is 5.69 Å². The molecule has 1 atom stereocenters. The van der Waals surface area contributed by atoms with Crippen LogP contribution in [0.2, 0.25) is 0 Å². The molecule has 0 aromatic carbocycles. The number of aryl methyl sites for hydroxylation is 2. The lowest BCUT2D eigenvalue weighted by Gasteiger charge is -2.32. The third-order valence-corrected chi connectivity index (χ3v) is 5.03. The van der Waals surface area contributed by atoms with E-state index in [1.165, 1.54) is 5.57 Å². The number of fused-ring (bicyclic) bond motifs is 2. The van der Waals surface area contributed by atoms with Crippen LogP contribution < -0.4 is 5.32 Å². The number of oxazole rings is 2. The van der Waals surface area contributed by atoms with Gasteiger partial charge in [-0.2, -0.15) is 0 Å². The van der Waals surface area contributed by atoms with E-state index in [9.17, 15) is 0 Å². The van der Waals surface area contributed by atoms with Crippen molar-refractivity contribution in [3.8, 4) is 0 Å². The zero-order valence-electron chi connectivity index (χ0n) is 15.1. The second kappa shape index (κ2) is 5.76. The Kier molecular flexibility index (Phi) is 3.67. The van der Waals surface area contributed by atoms with Gasteiger partial charge in [-0.25, -0.2) is 9.97 Å². The van der Waals surface area contributed by atoms with Gasteiger partial charge in [0.05, 0.1) is 11.2 Å². The SMILES string of the molecule is C/C=C/c1nc(C)oc1/C=C1/CC2=Cc3oc(C)nc3CC2(CC)N1. The Morgan fingerprint density at radius 3 is 2.80 bits per heavy atom. The molecular weight excluding hydrogens is 314 g/mol. The Bertz CT molecular complexity index is 914. The fourth-order valence-electron chi connectivity index (χ4n) is 3.85. The fourth-order valence-corrected chi connectivity index (χ4v) is 3.85. The van der Waals surface area contributed by atoms with E-state index in [4.69, 9.17) is 8.83 Å². The molecule has 1 N–H and O–H groups in total. The van der Waals surface area contributed by atoms with E-state index in [1.807, 2.05) is 32.9 Å². The van der Waals surface area contributed by atoms with Crippen LogP contribution in [0.3, 0.4) is 0 Å². The van der Waals surface area contributed by atoms with Crippen molar-refractivity contribution in [1.29, 1.82) is 0 Å². The average molecular weight is 337 g/mol. The summed E-state index contributed by atoms with van der Waals surface area (Å²) in [5, 5.41) is 3.73. The summed E-state index contributed by atoms with van der Waals surface area (Å²) in [7, 11) is 0. The van der Waals surface area contributed by atoms with Crippen molar-refractivity contribution in [3.63, 3.8) is 0 Å². The predicted molar refractivity (Wildman–Crippen MR) is 97.6 cm³/mol. The van der Waals surface area contributed by atoms with Gasteiger partial charge in [0.15, 0.2) is 23.3 Å². The van der Waals surface area contributed by atoms with Crippen LogP contribution in [0.15, 0.2) is 26.2 Å². The Morgan fingerprint density at radius 1 is 1.24 bits per heavy atom. The van der Waals surface area contributed by atoms with Crippen molar-refractivity contribution in [2.24, 2.45) is 0 Å². The lowest BCUT2D eigenvalue weighted by atomic mass is 9.80. The number of rotatable bonds is 3. The van der Waals surface area contributed by atoms with Gasteiger partial charge >= 0.3 is 0 Å². The zero-order chi connectivity index (χ0) is 17.6. The van der Waals surface area contributed by atoms with Gasteiger partial charge < -0.3 is 14.2 Å². The predicted octanol–water partition coefficient (Wildman–Crippen LogP) is 4.44.